The lowest BCUT2D eigenvalue weighted by atomic mass is 10.1. The fourth-order valence-corrected chi connectivity index (χ4v) is 8.55. The third kappa shape index (κ3) is 64.0. The van der Waals surface area contributed by atoms with Crippen LogP contribution in [0.1, 0.15) is 278 Å². The number of carbonyl (C=O) groups is 3. The summed E-state index contributed by atoms with van der Waals surface area (Å²) in [5.74, 6) is -1.01. The van der Waals surface area contributed by atoms with Gasteiger partial charge in [0.1, 0.15) is 13.2 Å². The summed E-state index contributed by atoms with van der Waals surface area (Å²) in [6.07, 6.45) is 94.4. The Morgan fingerprint density at radius 2 is 0.519 bits per heavy atom. The molecular formula is C73H118O6. The van der Waals surface area contributed by atoms with Gasteiger partial charge in [0.15, 0.2) is 6.10 Å². The lowest BCUT2D eigenvalue weighted by molar-refractivity contribution is -0.166. The standard InChI is InChI=1S/C73H118O6/c1-4-7-10-13-16-19-22-25-27-29-31-32-33-34-35-36-37-38-39-40-42-43-45-48-51-54-57-60-63-66-72(75)78-69-70(68-77-71(74)65-62-59-56-53-50-47-24-21-18-15-12-9-6-3)79-73(76)67-64-61-58-55-52-49-46-44-41-30-28-26-23-20-17-14-11-8-5-2/h7,9-10,12,16,18-19,21,25-28,31-32,34-35,37-38,40,42,47,50,56,59,70H,4-6,8,11,13-15,17,20,22-24,29-30,33,36,39,41,43-46,48-49,51-55,57-58,60-69H2,1-3H3/b10-7-,12-9-,19-16-,21-18-,27-25-,28-26-,32-31-,35-34-,38-37-,42-40-,50-47-,59-56-. The molecule has 0 saturated heterocycles. The zero-order valence-electron chi connectivity index (χ0n) is 51.1. The van der Waals surface area contributed by atoms with Crippen molar-refractivity contribution in [1.82, 2.24) is 0 Å². The molecular weight excluding hydrogens is 973 g/mol. The number of allylic oxidation sites excluding steroid dienone is 24. The summed E-state index contributed by atoms with van der Waals surface area (Å²) in [5, 5.41) is 0. The van der Waals surface area contributed by atoms with E-state index < -0.39 is 6.10 Å². The number of esters is 3. The molecule has 6 heteroatoms. The van der Waals surface area contributed by atoms with E-state index in [4.69, 9.17) is 14.2 Å². The number of hydrogen-bond donors (Lipinski definition) is 0. The first kappa shape index (κ1) is 74.3. The third-order valence-corrected chi connectivity index (χ3v) is 13.3. The smallest absolute Gasteiger partial charge is 0.306 e. The molecule has 1 unspecified atom stereocenters. The predicted octanol–water partition coefficient (Wildman–Crippen LogP) is 22.3. The molecule has 0 amide bonds. The minimum absolute atomic E-state index is 0.111. The van der Waals surface area contributed by atoms with Gasteiger partial charge in [-0.1, -0.05) is 276 Å². The van der Waals surface area contributed by atoms with Crippen LogP contribution in [0.25, 0.3) is 0 Å². The molecule has 79 heavy (non-hydrogen) atoms. The molecule has 0 aliphatic carbocycles. The Balaban J connectivity index is 4.39. The molecule has 446 valence electrons. The molecule has 0 aromatic heterocycles. The number of rotatable bonds is 57. The second kappa shape index (κ2) is 65.8. The molecule has 0 rings (SSSR count). The van der Waals surface area contributed by atoms with Crippen molar-refractivity contribution < 1.29 is 28.6 Å². The van der Waals surface area contributed by atoms with Crippen LogP contribution in [0.3, 0.4) is 0 Å². The van der Waals surface area contributed by atoms with Crippen LogP contribution in [0.4, 0.5) is 0 Å². The zero-order valence-corrected chi connectivity index (χ0v) is 51.1. The summed E-state index contributed by atoms with van der Waals surface area (Å²) >= 11 is 0. The molecule has 0 spiro atoms. The average Bonchev–Trinajstić information content (AvgIpc) is 3.45. The van der Waals surface area contributed by atoms with Gasteiger partial charge < -0.3 is 14.2 Å². The minimum Gasteiger partial charge on any atom is -0.462 e. The second-order valence-electron chi connectivity index (χ2n) is 20.9. The van der Waals surface area contributed by atoms with Crippen molar-refractivity contribution in [3.8, 4) is 0 Å². The maximum absolute atomic E-state index is 12.9. The maximum Gasteiger partial charge on any atom is 0.306 e. The van der Waals surface area contributed by atoms with Crippen molar-refractivity contribution in [2.45, 2.75) is 284 Å². The first-order valence-corrected chi connectivity index (χ1v) is 32.3. The van der Waals surface area contributed by atoms with E-state index in [9.17, 15) is 14.4 Å². The van der Waals surface area contributed by atoms with E-state index in [1.165, 1.54) is 116 Å². The van der Waals surface area contributed by atoms with Gasteiger partial charge in [-0.2, -0.15) is 0 Å². The Labute approximate surface area is 487 Å². The van der Waals surface area contributed by atoms with Crippen molar-refractivity contribution in [3.05, 3.63) is 146 Å². The first-order valence-electron chi connectivity index (χ1n) is 32.3. The maximum atomic E-state index is 12.9. The Morgan fingerprint density at radius 3 is 0.861 bits per heavy atom. The summed E-state index contributed by atoms with van der Waals surface area (Å²) in [7, 11) is 0. The van der Waals surface area contributed by atoms with Crippen molar-refractivity contribution in [3.63, 3.8) is 0 Å². The fraction of sp³-hybridized carbons (Fsp3) is 0.630. The van der Waals surface area contributed by atoms with Crippen LogP contribution in [0.2, 0.25) is 0 Å². The monoisotopic (exact) mass is 1090 g/mol. The van der Waals surface area contributed by atoms with Gasteiger partial charge in [0.25, 0.3) is 0 Å². The summed E-state index contributed by atoms with van der Waals surface area (Å²) in [4.78, 5) is 38.3. The van der Waals surface area contributed by atoms with Crippen molar-refractivity contribution >= 4 is 17.9 Å². The van der Waals surface area contributed by atoms with Crippen molar-refractivity contribution in [2.24, 2.45) is 0 Å². The molecule has 0 N–H and O–H groups in total. The highest BCUT2D eigenvalue weighted by Crippen LogP contribution is 2.15. The molecule has 6 nitrogen and oxygen atoms in total. The van der Waals surface area contributed by atoms with Gasteiger partial charge in [-0.25, -0.2) is 0 Å². The molecule has 0 aromatic carbocycles. The molecule has 0 fully saturated rings. The number of ether oxygens (including phenoxy) is 3. The Kier molecular flexibility index (Phi) is 61.9. The Hall–Kier alpha value is -4.71. The lowest BCUT2D eigenvalue weighted by Gasteiger charge is -2.18. The molecule has 0 heterocycles. The number of carbonyl (C=O) groups excluding carboxylic acids is 3. The van der Waals surface area contributed by atoms with Gasteiger partial charge in [-0.05, 0) is 128 Å². The lowest BCUT2D eigenvalue weighted by Crippen LogP contribution is -2.30. The van der Waals surface area contributed by atoms with E-state index in [0.29, 0.717) is 19.3 Å². The van der Waals surface area contributed by atoms with E-state index in [1.54, 1.807) is 0 Å². The fourth-order valence-electron chi connectivity index (χ4n) is 8.55. The summed E-state index contributed by atoms with van der Waals surface area (Å²) in [6.45, 7) is 6.34. The van der Waals surface area contributed by atoms with E-state index in [2.05, 4.69) is 161 Å². The largest absolute Gasteiger partial charge is 0.462 e. The van der Waals surface area contributed by atoms with Crippen LogP contribution in [0.5, 0.6) is 0 Å². The topological polar surface area (TPSA) is 78.9 Å². The zero-order chi connectivity index (χ0) is 57.1. The van der Waals surface area contributed by atoms with Gasteiger partial charge in [0.2, 0.25) is 0 Å². The SMILES string of the molecule is CC/C=C\C/C=C\C/C=C\C/C=C\C/C=C\C/C=C\C/C=C\CCCCCCCCCC(=O)OCC(COC(=O)CC/C=C\C/C=C\C/C=C\C/C=C\CC)OC(=O)CCCCCCCCCCC/C=C\CCCCCCCC. The normalized spacial score (nSPS) is 13.1. The summed E-state index contributed by atoms with van der Waals surface area (Å²) < 4.78 is 16.8. The van der Waals surface area contributed by atoms with Crippen LogP contribution in [0, 0.1) is 0 Å². The highest BCUT2D eigenvalue weighted by molar-refractivity contribution is 5.71. The van der Waals surface area contributed by atoms with Crippen LogP contribution in [0.15, 0.2) is 146 Å². The average molecular weight is 1090 g/mol. The Morgan fingerprint density at radius 1 is 0.266 bits per heavy atom. The van der Waals surface area contributed by atoms with Crippen LogP contribution < -0.4 is 0 Å². The molecule has 0 aromatic rings. The predicted molar refractivity (Wildman–Crippen MR) is 343 cm³/mol. The molecule has 0 saturated carbocycles. The van der Waals surface area contributed by atoms with Gasteiger partial charge in [0.05, 0.1) is 0 Å². The van der Waals surface area contributed by atoms with Gasteiger partial charge in [-0.15, -0.1) is 0 Å². The van der Waals surface area contributed by atoms with E-state index >= 15 is 0 Å². The minimum atomic E-state index is -0.819. The van der Waals surface area contributed by atoms with Crippen molar-refractivity contribution in [2.75, 3.05) is 13.2 Å². The molecule has 0 aliphatic rings. The highest BCUT2D eigenvalue weighted by Gasteiger charge is 2.19. The van der Waals surface area contributed by atoms with Gasteiger partial charge in [0, 0.05) is 19.3 Å². The highest BCUT2D eigenvalue weighted by atomic mass is 16.6. The number of hydrogen-bond acceptors (Lipinski definition) is 6. The molecule has 0 aliphatic heterocycles. The van der Waals surface area contributed by atoms with Crippen LogP contribution in [-0.2, 0) is 28.6 Å². The van der Waals surface area contributed by atoms with Gasteiger partial charge in [-0.3, -0.25) is 14.4 Å². The molecule has 1 atom stereocenters. The van der Waals surface area contributed by atoms with Gasteiger partial charge >= 0.3 is 17.9 Å². The van der Waals surface area contributed by atoms with E-state index in [-0.39, 0.29) is 37.5 Å². The first-order chi connectivity index (χ1) is 39.0. The summed E-state index contributed by atoms with van der Waals surface area (Å²) in [6, 6.07) is 0. The molecule has 0 bridgehead atoms. The molecule has 0 radical (unpaired) electrons. The number of unbranched alkanes of at least 4 members (excludes halogenated alkanes) is 22. The summed E-state index contributed by atoms with van der Waals surface area (Å²) in [5.41, 5.74) is 0. The second-order valence-corrected chi connectivity index (χ2v) is 20.9. The third-order valence-electron chi connectivity index (χ3n) is 13.3. The van der Waals surface area contributed by atoms with Crippen LogP contribution >= 0.6 is 0 Å². The van der Waals surface area contributed by atoms with Crippen LogP contribution in [-0.4, -0.2) is 37.2 Å². The quantitative estimate of drug-likeness (QED) is 0.0261. The Bertz CT molecular complexity index is 1730. The van der Waals surface area contributed by atoms with Crippen molar-refractivity contribution in [1.29, 1.82) is 0 Å². The van der Waals surface area contributed by atoms with E-state index in [0.717, 1.165) is 116 Å². The van der Waals surface area contributed by atoms with E-state index in [1.807, 2.05) is 6.08 Å².